The third-order valence-corrected chi connectivity index (χ3v) is 10.1. The molecule has 4 N–H and O–H groups in total. The number of carbonyl (C=O) groups is 3. The number of halogens is 4. The number of anilines is 2. The number of piperidine rings is 1. The molecule has 0 atom stereocenters. The van der Waals surface area contributed by atoms with E-state index in [0.717, 1.165) is 41.3 Å². The number of nitrogens with zero attached hydrogens (tertiary/aromatic N) is 8. The monoisotopic (exact) mass is 756 g/mol. The standard InChI is InChI=1S/C35H41ClF3N11O3/c1-46-28(26-21-49(45-30(26)35(37,38)39)29-7-5-24(19-42-29)41-11-10-40)20-43-31(46)32(51)44-23-4-6-25(27(36)18-23)34(53)48-14-12-47(13-15-48)33(52)22-8-16-50(2,3)17-9-22/h4-7,18-22,41H,8-17,40H2,1-3H3/p+1. The second-order valence-electron chi connectivity index (χ2n) is 13.9. The fourth-order valence-corrected chi connectivity index (χ4v) is 6.89. The summed E-state index contributed by atoms with van der Waals surface area (Å²) in [4.78, 5) is 51.6. The fourth-order valence-electron chi connectivity index (χ4n) is 6.63. The van der Waals surface area contributed by atoms with E-state index >= 15 is 0 Å². The Morgan fingerprint density at radius 1 is 0.981 bits per heavy atom. The highest BCUT2D eigenvalue weighted by atomic mass is 35.5. The molecule has 1 aromatic carbocycles. The van der Waals surface area contributed by atoms with Gasteiger partial charge in [0.2, 0.25) is 5.91 Å². The average Bonchev–Trinajstić information content (AvgIpc) is 3.75. The number of carbonyl (C=O) groups excluding carboxylic acids is 3. The lowest BCUT2D eigenvalue weighted by Crippen LogP contribution is -2.54. The Kier molecular flexibility index (Phi) is 10.8. The maximum Gasteiger partial charge on any atom is 0.435 e. The number of aromatic nitrogens is 5. The summed E-state index contributed by atoms with van der Waals surface area (Å²) in [6.07, 6.45) is 0.707. The SMILES string of the molecule is Cn1c(-c2cn(-c3ccc(NCCN)cn3)nc2C(F)(F)F)cnc1C(=O)Nc1ccc(C(=O)N2CCN(C(=O)C3CC[N+](C)(C)CC3)CC2)c(Cl)c1. The molecule has 14 nitrogen and oxygen atoms in total. The molecule has 0 saturated carbocycles. The lowest BCUT2D eigenvalue weighted by atomic mass is 9.94. The van der Waals surface area contributed by atoms with Gasteiger partial charge in [0.15, 0.2) is 17.3 Å². The summed E-state index contributed by atoms with van der Waals surface area (Å²) < 4.78 is 45.6. The summed E-state index contributed by atoms with van der Waals surface area (Å²) in [5, 5.41) is 9.56. The number of hydrogen-bond acceptors (Lipinski definition) is 8. The van der Waals surface area contributed by atoms with Crippen LogP contribution in [0.15, 0.2) is 48.9 Å². The minimum absolute atomic E-state index is 0.00215. The second-order valence-corrected chi connectivity index (χ2v) is 14.3. The minimum atomic E-state index is -4.82. The van der Waals surface area contributed by atoms with Gasteiger partial charge >= 0.3 is 6.18 Å². The first-order chi connectivity index (χ1) is 25.1. The highest BCUT2D eigenvalue weighted by Crippen LogP contribution is 2.37. The van der Waals surface area contributed by atoms with Gasteiger partial charge in [-0.2, -0.15) is 18.3 Å². The number of alkyl halides is 3. The largest absolute Gasteiger partial charge is 0.435 e. The molecular weight excluding hydrogens is 715 g/mol. The molecule has 2 aliphatic heterocycles. The van der Waals surface area contributed by atoms with Gasteiger partial charge in [-0.05, 0) is 30.3 Å². The molecule has 5 heterocycles. The Hall–Kier alpha value is -5.00. The van der Waals surface area contributed by atoms with Crippen molar-refractivity contribution >= 4 is 40.7 Å². The number of nitrogens with one attached hydrogen (secondary N) is 2. The van der Waals surface area contributed by atoms with E-state index in [1.54, 1.807) is 11.0 Å². The van der Waals surface area contributed by atoms with Crippen molar-refractivity contribution in [3.05, 3.63) is 71.0 Å². The highest BCUT2D eigenvalue weighted by molar-refractivity contribution is 6.34. The molecule has 282 valence electrons. The molecule has 3 amide bonds. The molecule has 4 aromatic rings. The van der Waals surface area contributed by atoms with E-state index in [9.17, 15) is 27.6 Å². The number of piperazine rings is 1. The van der Waals surface area contributed by atoms with Crippen molar-refractivity contribution in [2.45, 2.75) is 19.0 Å². The first-order valence-corrected chi connectivity index (χ1v) is 17.6. The second kappa shape index (κ2) is 15.2. The zero-order chi connectivity index (χ0) is 38.1. The third kappa shape index (κ3) is 8.31. The van der Waals surface area contributed by atoms with E-state index in [1.807, 2.05) is 4.90 Å². The predicted octanol–water partition coefficient (Wildman–Crippen LogP) is 3.73. The summed E-state index contributed by atoms with van der Waals surface area (Å²) in [6.45, 7) is 4.46. The van der Waals surface area contributed by atoms with E-state index in [1.165, 1.54) is 48.3 Å². The number of nitrogens with two attached hydrogens (primary N) is 1. The van der Waals surface area contributed by atoms with E-state index in [0.29, 0.717) is 45.0 Å². The number of imidazole rings is 1. The van der Waals surface area contributed by atoms with Crippen molar-refractivity contribution in [3.8, 4) is 17.1 Å². The zero-order valence-electron chi connectivity index (χ0n) is 29.7. The molecule has 0 unspecified atom stereocenters. The molecule has 53 heavy (non-hydrogen) atoms. The lowest BCUT2D eigenvalue weighted by Gasteiger charge is -2.40. The zero-order valence-corrected chi connectivity index (χ0v) is 30.4. The number of rotatable bonds is 9. The van der Waals surface area contributed by atoms with Gasteiger partial charge in [-0.15, -0.1) is 0 Å². The Morgan fingerprint density at radius 2 is 1.66 bits per heavy atom. The molecule has 6 rings (SSSR count). The molecule has 0 bridgehead atoms. The van der Waals surface area contributed by atoms with Crippen molar-refractivity contribution in [2.75, 3.05) is 77.1 Å². The van der Waals surface area contributed by atoms with E-state index in [2.05, 4.69) is 39.8 Å². The van der Waals surface area contributed by atoms with Crippen LogP contribution in [-0.2, 0) is 18.0 Å². The summed E-state index contributed by atoms with van der Waals surface area (Å²) in [7, 11) is 5.77. The van der Waals surface area contributed by atoms with Gasteiger partial charge in [-0.25, -0.2) is 14.6 Å². The first kappa shape index (κ1) is 37.7. The van der Waals surface area contributed by atoms with Crippen LogP contribution < -0.4 is 16.4 Å². The van der Waals surface area contributed by atoms with E-state index in [4.69, 9.17) is 17.3 Å². The van der Waals surface area contributed by atoms with Gasteiger partial charge in [0, 0.05) is 77.0 Å². The number of pyridine rings is 1. The van der Waals surface area contributed by atoms with Gasteiger partial charge in [-0.3, -0.25) is 14.4 Å². The topological polar surface area (TPSA) is 156 Å². The van der Waals surface area contributed by atoms with Crippen LogP contribution in [0.3, 0.4) is 0 Å². The van der Waals surface area contributed by atoms with Crippen LogP contribution in [-0.4, -0.2) is 123 Å². The van der Waals surface area contributed by atoms with Gasteiger partial charge < -0.3 is 35.2 Å². The number of amides is 3. The third-order valence-electron chi connectivity index (χ3n) is 9.76. The van der Waals surface area contributed by atoms with Gasteiger partial charge in [-0.1, -0.05) is 11.6 Å². The highest BCUT2D eigenvalue weighted by Gasteiger charge is 2.39. The number of benzene rings is 1. The number of likely N-dealkylation sites (tertiary alicyclic amines) is 1. The van der Waals surface area contributed by atoms with Crippen LogP contribution in [0.5, 0.6) is 0 Å². The van der Waals surface area contributed by atoms with Crippen LogP contribution in [0.2, 0.25) is 5.02 Å². The van der Waals surface area contributed by atoms with Crippen molar-refractivity contribution in [1.82, 2.24) is 34.1 Å². The van der Waals surface area contributed by atoms with Gasteiger partial charge in [0.1, 0.15) is 0 Å². The van der Waals surface area contributed by atoms with E-state index in [-0.39, 0.29) is 56.9 Å². The smallest absolute Gasteiger partial charge is 0.383 e. The van der Waals surface area contributed by atoms with Crippen molar-refractivity contribution < 1.29 is 32.0 Å². The van der Waals surface area contributed by atoms with Crippen molar-refractivity contribution in [1.29, 1.82) is 0 Å². The molecule has 3 aromatic heterocycles. The van der Waals surface area contributed by atoms with E-state index < -0.39 is 17.8 Å². The van der Waals surface area contributed by atoms with Crippen LogP contribution in [0.4, 0.5) is 24.5 Å². The lowest BCUT2D eigenvalue weighted by molar-refractivity contribution is -0.895. The average molecular weight is 757 g/mol. The Morgan fingerprint density at radius 3 is 2.28 bits per heavy atom. The van der Waals surface area contributed by atoms with Gasteiger partial charge in [0.25, 0.3) is 11.8 Å². The Labute approximate surface area is 309 Å². The maximum atomic E-state index is 14.2. The molecular formula is C35H42ClF3N11O3+. The molecule has 18 heteroatoms. The maximum absolute atomic E-state index is 14.2. The van der Waals surface area contributed by atoms with Gasteiger partial charge in [0.05, 0.1) is 67.1 Å². The van der Waals surface area contributed by atoms with Crippen LogP contribution in [0.1, 0.15) is 39.5 Å². The number of hydrogen-bond donors (Lipinski definition) is 3. The van der Waals surface area contributed by atoms with Crippen LogP contribution >= 0.6 is 11.6 Å². The molecule has 0 radical (unpaired) electrons. The molecule has 2 saturated heterocycles. The molecule has 2 aliphatic rings. The first-order valence-electron chi connectivity index (χ1n) is 17.3. The summed E-state index contributed by atoms with van der Waals surface area (Å²) in [5.41, 5.74) is 5.16. The normalized spacial score (nSPS) is 16.5. The summed E-state index contributed by atoms with van der Waals surface area (Å²) in [6, 6.07) is 7.61. The molecule has 2 fully saturated rings. The Bertz CT molecular complexity index is 1980. The molecule has 0 spiro atoms. The molecule has 0 aliphatic carbocycles. The fraction of sp³-hybridized carbons (Fsp3) is 0.429. The quantitative estimate of drug-likeness (QED) is 0.218. The predicted molar refractivity (Wildman–Crippen MR) is 193 cm³/mol. The Balaban J connectivity index is 1.11. The van der Waals surface area contributed by atoms with Crippen LogP contribution in [0, 0.1) is 5.92 Å². The van der Waals surface area contributed by atoms with Crippen LogP contribution in [0.25, 0.3) is 17.1 Å². The summed E-state index contributed by atoms with van der Waals surface area (Å²) in [5.74, 6) is -0.852. The van der Waals surface area contributed by atoms with Crippen molar-refractivity contribution in [3.63, 3.8) is 0 Å². The summed E-state index contributed by atoms with van der Waals surface area (Å²) >= 11 is 6.52. The minimum Gasteiger partial charge on any atom is -0.383 e. The van der Waals surface area contributed by atoms with Crippen molar-refractivity contribution in [2.24, 2.45) is 18.7 Å². The number of quaternary nitrogens is 1.